The average Bonchev–Trinajstić information content (AvgIpc) is 3.48. The van der Waals surface area contributed by atoms with Crippen LogP contribution < -0.4 is 15.6 Å². The van der Waals surface area contributed by atoms with Crippen LogP contribution in [0, 0.1) is 0 Å². The summed E-state index contributed by atoms with van der Waals surface area (Å²) < 4.78 is 13.2. The zero-order valence-corrected chi connectivity index (χ0v) is 28.9. The van der Waals surface area contributed by atoms with Crippen molar-refractivity contribution in [1.29, 1.82) is 0 Å². The van der Waals surface area contributed by atoms with E-state index in [1.54, 1.807) is 24.3 Å². The number of benzene rings is 4. The molecule has 10 nitrogen and oxygen atoms in total. The molecule has 1 aliphatic heterocycles. The number of aliphatic hydroxyl groups is 1. The molecule has 0 saturated heterocycles. The van der Waals surface area contributed by atoms with Crippen LogP contribution in [-0.2, 0) is 28.9 Å². The largest absolute Gasteiger partial charge is 0.494 e. The van der Waals surface area contributed by atoms with E-state index in [1.807, 2.05) is 66.7 Å². The number of azide groups is 1. The number of amides is 1. The molecule has 0 radical (unpaired) electrons. The fourth-order valence-corrected chi connectivity index (χ4v) is 6.15. The molecule has 0 bridgehead atoms. The first-order chi connectivity index (χ1) is 23.3. The molecule has 0 fully saturated rings. The van der Waals surface area contributed by atoms with E-state index in [-0.39, 0.29) is 25.5 Å². The van der Waals surface area contributed by atoms with Gasteiger partial charge >= 0.3 is 0 Å². The molecule has 0 unspecified atom stereocenters. The Bertz CT molecular complexity index is 1800. The highest BCUT2D eigenvalue weighted by Gasteiger charge is 2.54. The fourth-order valence-electron chi connectivity index (χ4n) is 5.39. The third-order valence-electron chi connectivity index (χ3n) is 7.80. The summed E-state index contributed by atoms with van der Waals surface area (Å²) in [6.45, 7) is 0.870. The quantitative estimate of drug-likeness (QED) is 0.0376. The Balaban J connectivity index is 1.52. The number of aliphatic imine (C=N–C) groups is 1. The lowest BCUT2D eigenvalue weighted by Crippen LogP contribution is -2.54. The Morgan fingerprint density at radius 3 is 2.56 bits per heavy atom. The van der Waals surface area contributed by atoms with E-state index in [0.29, 0.717) is 58.5 Å². The number of nitrogens with zero attached hydrogens (tertiary/aromatic N) is 4. The minimum atomic E-state index is -1.48. The van der Waals surface area contributed by atoms with Gasteiger partial charge in [0, 0.05) is 51.0 Å². The van der Waals surface area contributed by atoms with E-state index < -0.39 is 17.6 Å². The van der Waals surface area contributed by atoms with Gasteiger partial charge in [-0.05, 0) is 82.7 Å². The fraction of sp³-hybridized carbons (Fsp3) is 0.257. The van der Waals surface area contributed by atoms with Gasteiger partial charge in [-0.2, -0.15) is 0 Å². The molecule has 0 aliphatic carbocycles. The Hall–Kier alpha value is -4.09. The van der Waals surface area contributed by atoms with Crippen LogP contribution >= 0.6 is 39.1 Å². The van der Waals surface area contributed by atoms with Gasteiger partial charge in [0.25, 0.3) is 5.91 Å². The van der Waals surface area contributed by atoms with Gasteiger partial charge in [0.05, 0.1) is 13.2 Å². The van der Waals surface area contributed by atoms with Gasteiger partial charge in [0.1, 0.15) is 5.75 Å². The third kappa shape index (κ3) is 8.68. The van der Waals surface area contributed by atoms with Crippen molar-refractivity contribution in [3.05, 3.63) is 144 Å². The predicted molar refractivity (Wildman–Crippen MR) is 190 cm³/mol. The number of rotatable bonds is 15. The standard InChI is InChI=1S/C35H33BrCl2N6O4/c36-27-11-6-23(7-12-27)21-35(34(46)43-40-17-16-24-8-13-28(37)20-31(24)38)32(30-5-2-1-4-26(30)22-41-44-39)48-33(42-35)25-9-14-29(15-10-25)47-19-3-18-45/h1-2,4-15,20,32,40,45H,3,16-19,21-22H2,(H,43,46)/t32-,35-/m0/s1. The molecule has 2 atom stereocenters. The summed E-state index contributed by atoms with van der Waals surface area (Å²) in [4.78, 5) is 22.5. The number of carbonyl (C=O) groups is 1. The Morgan fingerprint density at radius 1 is 1.06 bits per heavy atom. The second-order valence-electron chi connectivity index (χ2n) is 11.0. The first kappa shape index (κ1) is 35.2. The van der Waals surface area contributed by atoms with Crippen molar-refractivity contribution in [2.24, 2.45) is 10.1 Å². The van der Waals surface area contributed by atoms with Crippen LogP contribution in [0.4, 0.5) is 0 Å². The summed E-state index contributed by atoms with van der Waals surface area (Å²) in [5.41, 5.74) is 17.3. The molecule has 4 aromatic rings. The van der Waals surface area contributed by atoms with E-state index >= 15 is 0 Å². The van der Waals surface area contributed by atoms with Crippen LogP contribution in [0.1, 0.15) is 40.3 Å². The number of ether oxygens (including phenoxy) is 2. The Labute approximate surface area is 296 Å². The number of halogens is 3. The zero-order chi connectivity index (χ0) is 33.9. The molecule has 248 valence electrons. The van der Waals surface area contributed by atoms with Crippen LogP contribution in [-0.4, -0.2) is 42.2 Å². The Morgan fingerprint density at radius 2 is 1.83 bits per heavy atom. The minimum absolute atomic E-state index is 0.0392. The molecule has 0 spiro atoms. The number of hydrogen-bond donors (Lipinski definition) is 3. The van der Waals surface area contributed by atoms with E-state index in [0.717, 1.165) is 15.6 Å². The van der Waals surface area contributed by atoms with Crippen molar-refractivity contribution in [2.45, 2.75) is 37.5 Å². The van der Waals surface area contributed by atoms with Crippen molar-refractivity contribution < 1.29 is 19.4 Å². The number of nitrogens with one attached hydrogen (secondary N) is 2. The Kier molecular flexibility index (Phi) is 12.4. The van der Waals surface area contributed by atoms with Crippen molar-refractivity contribution in [3.63, 3.8) is 0 Å². The van der Waals surface area contributed by atoms with Gasteiger partial charge in [-0.1, -0.05) is 86.7 Å². The second kappa shape index (κ2) is 16.8. The van der Waals surface area contributed by atoms with Crippen LogP contribution in [0.3, 0.4) is 0 Å². The summed E-state index contributed by atoms with van der Waals surface area (Å²) >= 11 is 15.9. The molecule has 48 heavy (non-hydrogen) atoms. The maximum Gasteiger partial charge on any atom is 0.266 e. The van der Waals surface area contributed by atoms with Gasteiger partial charge in [-0.25, -0.2) is 10.4 Å². The third-order valence-corrected chi connectivity index (χ3v) is 8.91. The highest BCUT2D eigenvalue weighted by molar-refractivity contribution is 9.10. The summed E-state index contributed by atoms with van der Waals surface area (Å²) in [6, 6.07) is 27.6. The molecule has 1 aliphatic rings. The second-order valence-corrected chi connectivity index (χ2v) is 12.8. The molecule has 4 aromatic carbocycles. The molecule has 0 aromatic heterocycles. The molecule has 1 heterocycles. The van der Waals surface area contributed by atoms with E-state index in [2.05, 4.69) is 36.8 Å². The van der Waals surface area contributed by atoms with Crippen molar-refractivity contribution in [1.82, 2.24) is 10.9 Å². The maximum atomic E-state index is 14.5. The van der Waals surface area contributed by atoms with Crippen LogP contribution in [0.5, 0.6) is 5.75 Å². The molecule has 13 heteroatoms. The van der Waals surface area contributed by atoms with Crippen LogP contribution in [0.25, 0.3) is 10.4 Å². The first-order valence-corrected chi connectivity index (χ1v) is 16.8. The molecule has 3 N–H and O–H groups in total. The number of aliphatic hydroxyl groups excluding tert-OH is 1. The van der Waals surface area contributed by atoms with Gasteiger partial charge in [-0.3, -0.25) is 10.2 Å². The summed E-state index contributed by atoms with van der Waals surface area (Å²) in [7, 11) is 0. The zero-order valence-electron chi connectivity index (χ0n) is 25.8. The summed E-state index contributed by atoms with van der Waals surface area (Å²) in [6.07, 6.45) is 0.368. The lowest BCUT2D eigenvalue weighted by Gasteiger charge is -2.32. The van der Waals surface area contributed by atoms with Crippen LogP contribution in [0.2, 0.25) is 10.0 Å². The average molecular weight is 752 g/mol. The molecule has 0 saturated carbocycles. The van der Waals surface area contributed by atoms with Gasteiger partial charge < -0.3 is 14.6 Å². The molecule has 5 rings (SSSR count). The number of hydrazine groups is 1. The SMILES string of the molecule is [N-]=[N+]=NCc1ccccc1[C@@H]1OC(c2ccc(OCCCO)cc2)=N[C@]1(Cc1ccc(Br)cc1)C(=O)NNCCc1ccc(Cl)cc1Cl. The smallest absolute Gasteiger partial charge is 0.266 e. The minimum Gasteiger partial charge on any atom is -0.494 e. The van der Waals surface area contributed by atoms with Gasteiger partial charge in [0.15, 0.2) is 11.6 Å². The number of carbonyl (C=O) groups excluding carboxylic acids is 1. The maximum absolute atomic E-state index is 14.5. The summed E-state index contributed by atoms with van der Waals surface area (Å²) in [5.74, 6) is 0.502. The van der Waals surface area contributed by atoms with Crippen molar-refractivity contribution >= 4 is 50.9 Å². The van der Waals surface area contributed by atoms with Crippen LogP contribution in [0.15, 0.2) is 106 Å². The van der Waals surface area contributed by atoms with Gasteiger partial charge in [-0.15, -0.1) is 0 Å². The lowest BCUT2D eigenvalue weighted by molar-refractivity contribution is -0.130. The highest BCUT2D eigenvalue weighted by atomic mass is 79.9. The van der Waals surface area contributed by atoms with Gasteiger partial charge in [0.2, 0.25) is 5.90 Å². The van der Waals surface area contributed by atoms with Crippen molar-refractivity contribution in [3.8, 4) is 5.75 Å². The van der Waals surface area contributed by atoms with E-state index in [1.165, 1.54) is 0 Å². The van der Waals surface area contributed by atoms with E-state index in [4.69, 9.17) is 48.3 Å². The lowest BCUT2D eigenvalue weighted by atomic mass is 9.81. The predicted octanol–water partition coefficient (Wildman–Crippen LogP) is 7.69. The highest BCUT2D eigenvalue weighted by Crippen LogP contribution is 2.44. The first-order valence-electron chi connectivity index (χ1n) is 15.2. The molecule has 1 amide bonds. The number of hydrogen-bond acceptors (Lipinski definition) is 7. The topological polar surface area (TPSA) is 141 Å². The molecular formula is C35H33BrCl2N6O4. The van der Waals surface area contributed by atoms with Crippen molar-refractivity contribution in [2.75, 3.05) is 19.8 Å². The monoisotopic (exact) mass is 750 g/mol. The normalized spacial score (nSPS) is 16.8. The van der Waals surface area contributed by atoms with E-state index in [9.17, 15) is 4.79 Å². The molecular weight excluding hydrogens is 719 g/mol. The summed E-state index contributed by atoms with van der Waals surface area (Å²) in [5, 5.41) is 14.0.